The Hall–Kier alpha value is -2.39. The fraction of sp³-hybridized carbons (Fsp3) is 0.0556. The van der Waals surface area contributed by atoms with Crippen molar-refractivity contribution in [3.8, 4) is 22.4 Å². The molecule has 0 saturated carbocycles. The maximum Gasteiger partial charge on any atom is 0.140 e. The first-order valence-corrected chi connectivity index (χ1v) is 7.81. The molecule has 0 aliphatic heterocycles. The summed E-state index contributed by atoms with van der Waals surface area (Å²) in [6.45, 7) is 0. The predicted octanol–water partition coefficient (Wildman–Crippen LogP) is 4.97. The minimum absolute atomic E-state index is 1.03. The highest BCUT2D eigenvalue weighted by atomic mass is 32.1. The third kappa shape index (κ3) is 2.06. The number of thiophene rings is 1. The lowest BCUT2D eigenvalue weighted by molar-refractivity contribution is 0.950. The first-order valence-electron chi connectivity index (χ1n) is 6.87. The summed E-state index contributed by atoms with van der Waals surface area (Å²) in [5.74, 6) is 0. The number of hydrogen-bond donors (Lipinski definition) is 0. The molecular weight excluding hydrogens is 276 g/mol. The van der Waals surface area contributed by atoms with Crippen molar-refractivity contribution in [2.45, 2.75) is 0 Å². The van der Waals surface area contributed by atoms with Gasteiger partial charge in [-0.2, -0.15) is 11.3 Å². The molecule has 0 unspecified atom stereocenters. The molecule has 0 atom stereocenters. The minimum Gasteiger partial charge on any atom is -0.335 e. The molecule has 4 rings (SSSR count). The van der Waals surface area contributed by atoms with Gasteiger partial charge < -0.3 is 4.57 Å². The SMILES string of the molecule is Cn1cc(-c2ccccc2)c2ccc(-c3ccsc3)nc21. The van der Waals surface area contributed by atoms with Gasteiger partial charge in [0.15, 0.2) is 0 Å². The predicted molar refractivity (Wildman–Crippen MR) is 89.5 cm³/mol. The average molecular weight is 290 g/mol. The fourth-order valence-corrected chi connectivity index (χ4v) is 3.32. The first kappa shape index (κ1) is 12.4. The summed E-state index contributed by atoms with van der Waals surface area (Å²) in [4.78, 5) is 4.83. The maximum atomic E-state index is 4.83. The Morgan fingerprint density at radius 1 is 0.952 bits per heavy atom. The minimum atomic E-state index is 1.03. The van der Waals surface area contributed by atoms with Crippen molar-refractivity contribution in [2.24, 2.45) is 7.05 Å². The fourth-order valence-electron chi connectivity index (χ4n) is 2.67. The molecule has 3 heterocycles. The van der Waals surface area contributed by atoms with Gasteiger partial charge in [0.25, 0.3) is 0 Å². The molecule has 1 aromatic carbocycles. The van der Waals surface area contributed by atoms with Crippen LogP contribution < -0.4 is 0 Å². The molecule has 0 aliphatic rings. The van der Waals surface area contributed by atoms with Gasteiger partial charge in [0.2, 0.25) is 0 Å². The van der Waals surface area contributed by atoms with Crippen molar-refractivity contribution >= 4 is 22.4 Å². The number of benzene rings is 1. The second kappa shape index (κ2) is 4.86. The molecule has 0 radical (unpaired) electrons. The lowest BCUT2D eigenvalue weighted by atomic mass is 10.1. The number of rotatable bonds is 2. The van der Waals surface area contributed by atoms with Gasteiger partial charge >= 0.3 is 0 Å². The van der Waals surface area contributed by atoms with E-state index in [2.05, 4.69) is 71.0 Å². The van der Waals surface area contributed by atoms with Crippen molar-refractivity contribution in [3.63, 3.8) is 0 Å². The van der Waals surface area contributed by atoms with Crippen LogP contribution in [-0.2, 0) is 7.05 Å². The van der Waals surface area contributed by atoms with E-state index >= 15 is 0 Å². The van der Waals surface area contributed by atoms with E-state index in [-0.39, 0.29) is 0 Å². The highest BCUT2D eigenvalue weighted by molar-refractivity contribution is 7.08. The molecule has 21 heavy (non-hydrogen) atoms. The standard InChI is InChI=1S/C18H14N2S/c1-20-11-16(13-5-3-2-4-6-13)15-7-8-17(19-18(15)20)14-9-10-21-12-14/h2-12H,1H3. The molecule has 0 aliphatic carbocycles. The van der Waals surface area contributed by atoms with E-state index in [1.807, 2.05) is 6.07 Å². The Bertz CT molecular complexity index is 890. The van der Waals surface area contributed by atoms with Crippen LogP contribution in [-0.4, -0.2) is 9.55 Å². The topological polar surface area (TPSA) is 17.8 Å². The quantitative estimate of drug-likeness (QED) is 0.509. The third-order valence-corrected chi connectivity index (χ3v) is 4.41. The second-order valence-corrected chi connectivity index (χ2v) is 5.88. The summed E-state index contributed by atoms with van der Waals surface area (Å²) < 4.78 is 2.10. The number of hydrogen-bond acceptors (Lipinski definition) is 2. The van der Waals surface area contributed by atoms with Crippen molar-refractivity contribution < 1.29 is 0 Å². The zero-order valence-corrected chi connectivity index (χ0v) is 12.5. The van der Waals surface area contributed by atoms with Gasteiger partial charge in [-0.15, -0.1) is 0 Å². The van der Waals surface area contributed by atoms with Gasteiger partial charge in [0, 0.05) is 35.1 Å². The molecule has 4 aromatic rings. The smallest absolute Gasteiger partial charge is 0.140 e. The average Bonchev–Trinajstić information content (AvgIpc) is 3.17. The summed E-state index contributed by atoms with van der Waals surface area (Å²) in [5, 5.41) is 5.42. The summed E-state index contributed by atoms with van der Waals surface area (Å²) >= 11 is 1.70. The second-order valence-electron chi connectivity index (χ2n) is 5.10. The number of nitrogens with zero attached hydrogens (tertiary/aromatic N) is 2. The van der Waals surface area contributed by atoms with Crippen molar-refractivity contribution in [3.05, 3.63) is 65.5 Å². The lowest BCUT2D eigenvalue weighted by Crippen LogP contribution is -1.89. The van der Waals surface area contributed by atoms with Gasteiger partial charge in [-0.05, 0) is 29.1 Å². The molecule has 102 valence electrons. The van der Waals surface area contributed by atoms with E-state index in [0.29, 0.717) is 0 Å². The van der Waals surface area contributed by atoms with E-state index in [1.165, 1.54) is 22.1 Å². The van der Waals surface area contributed by atoms with Gasteiger partial charge in [-0.25, -0.2) is 4.98 Å². The normalized spacial score (nSPS) is 11.1. The Kier molecular flexibility index (Phi) is 2.86. The lowest BCUT2D eigenvalue weighted by Gasteiger charge is -2.01. The Morgan fingerprint density at radius 3 is 2.57 bits per heavy atom. The summed E-state index contributed by atoms with van der Waals surface area (Å²) in [6, 6.07) is 16.9. The molecule has 0 N–H and O–H groups in total. The van der Waals surface area contributed by atoms with Crippen LogP contribution in [0.2, 0.25) is 0 Å². The molecule has 2 nitrogen and oxygen atoms in total. The van der Waals surface area contributed by atoms with E-state index in [1.54, 1.807) is 11.3 Å². The Balaban J connectivity index is 1.93. The van der Waals surface area contributed by atoms with Gasteiger partial charge in [0.1, 0.15) is 5.65 Å². The summed E-state index contributed by atoms with van der Waals surface area (Å²) in [6.07, 6.45) is 2.16. The van der Waals surface area contributed by atoms with Crippen molar-refractivity contribution in [1.82, 2.24) is 9.55 Å². The van der Waals surface area contributed by atoms with Gasteiger partial charge in [0.05, 0.1) is 5.69 Å². The van der Waals surface area contributed by atoms with Gasteiger partial charge in [-0.1, -0.05) is 30.3 Å². The number of pyridine rings is 1. The number of aromatic nitrogens is 2. The third-order valence-electron chi connectivity index (χ3n) is 3.72. The van der Waals surface area contributed by atoms with Crippen LogP contribution in [0.15, 0.2) is 65.5 Å². The van der Waals surface area contributed by atoms with Crippen LogP contribution in [0.3, 0.4) is 0 Å². The van der Waals surface area contributed by atoms with Crippen molar-refractivity contribution in [2.75, 3.05) is 0 Å². The molecular formula is C18H14N2S. The van der Waals surface area contributed by atoms with Crippen LogP contribution in [0.25, 0.3) is 33.4 Å². The Labute approximate surface area is 127 Å². The zero-order chi connectivity index (χ0) is 14.2. The Morgan fingerprint density at radius 2 is 1.81 bits per heavy atom. The van der Waals surface area contributed by atoms with Crippen LogP contribution in [0, 0.1) is 0 Å². The number of fused-ring (bicyclic) bond motifs is 1. The molecule has 0 amide bonds. The summed E-state index contributed by atoms with van der Waals surface area (Å²) in [5.41, 5.74) is 5.71. The highest BCUT2D eigenvalue weighted by Crippen LogP contribution is 2.31. The van der Waals surface area contributed by atoms with Crippen LogP contribution in [0.4, 0.5) is 0 Å². The molecule has 0 bridgehead atoms. The van der Waals surface area contributed by atoms with Crippen LogP contribution in [0.5, 0.6) is 0 Å². The molecule has 0 fully saturated rings. The zero-order valence-electron chi connectivity index (χ0n) is 11.7. The van der Waals surface area contributed by atoms with E-state index in [4.69, 9.17) is 4.98 Å². The maximum absolute atomic E-state index is 4.83. The van der Waals surface area contributed by atoms with E-state index in [0.717, 1.165) is 11.3 Å². The van der Waals surface area contributed by atoms with Crippen LogP contribution in [0.1, 0.15) is 0 Å². The highest BCUT2D eigenvalue weighted by Gasteiger charge is 2.11. The molecule has 3 aromatic heterocycles. The summed E-state index contributed by atoms with van der Waals surface area (Å²) in [7, 11) is 2.05. The largest absolute Gasteiger partial charge is 0.335 e. The first-order chi connectivity index (χ1) is 10.3. The van der Waals surface area contributed by atoms with Crippen molar-refractivity contribution in [1.29, 1.82) is 0 Å². The monoisotopic (exact) mass is 290 g/mol. The van der Waals surface area contributed by atoms with E-state index < -0.39 is 0 Å². The molecule has 3 heteroatoms. The molecule has 0 saturated heterocycles. The van der Waals surface area contributed by atoms with E-state index in [9.17, 15) is 0 Å². The number of aryl methyl sites for hydroxylation is 1. The van der Waals surface area contributed by atoms with Crippen LogP contribution >= 0.6 is 11.3 Å². The van der Waals surface area contributed by atoms with Gasteiger partial charge in [-0.3, -0.25) is 0 Å². The molecule has 0 spiro atoms.